The number of ether oxygens (including phenoxy) is 4. The summed E-state index contributed by atoms with van der Waals surface area (Å²) in [5, 5.41) is 0. The molecule has 1 heterocycles. The summed E-state index contributed by atoms with van der Waals surface area (Å²) in [6.45, 7) is 8.68. The van der Waals surface area contributed by atoms with Crippen molar-refractivity contribution in [1.29, 1.82) is 0 Å². The highest BCUT2D eigenvalue weighted by Crippen LogP contribution is 2.58. The molecule has 34 heavy (non-hydrogen) atoms. The number of thioether (sulfide) groups is 1. The molecule has 1 aliphatic carbocycles. The Morgan fingerprint density at radius 3 is 1.59 bits per heavy atom. The maximum Gasteiger partial charge on any atom is 0.0700 e. The monoisotopic (exact) mass is 484 g/mol. The number of hydrogen-bond donors (Lipinski definition) is 0. The predicted molar refractivity (Wildman–Crippen MR) is 141 cm³/mol. The number of rotatable bonds is 14. The van der Waals surface area contributed by atoms with Gasteiger partial charge in [-0.15, -0.1) is 0 Å². The first-order chi connectivity index (χ1) is 16.6. The fourth-order valence-corrected chi connectivity index (χ4v) is 6.81. The topological polar surface area (TPSA) is 36.9 Å². The molecule has 0 atom stereocenters. The van der Waals surface area contributed by atoms with Crippen LogP contribution in [0.25, 0.3) is 11.1 Å². The van der Waals surface area contributed by atoms with Gasteiger partial charge in [0.05, 0.1) is 26.4 Å². The van der Waals surface area contributed by atoms with Crippen molar-refractivity contribution in [2.75, 3.05) is 53.9 Å². The Labute approximate surface area is 209 Å². The highest BCUT2D eigenvalue weighted by atomic mass is 32.2. The van der Waals surface area contributed by atoms with Gasteiger partial charge in [0.2, 0.25) is 0 Å². The SMILES string of the molecule is COCCOCCCC1(CCCOCCOC)c2cc(C)cc3c2-c2c(cc(C)cc21)CSC3. The summed E-state index contributed by atoms with van der Waals surface area (Å²) >= 11 is 2.05. The van der Waals surface area contributed by atoms with E-state index >= 15 is 0 Å². The van der Waals surface area contributed by atoms with Gasteiger partial charge in [0.25, 0.3) is 0 Å². The summed E-state index contributed by atoms with van der Waals surface area (Å²) < 4.78 is 22.1. The minimum Gasteiger partial charge on any atom is -0.382 e. The van der Waals surface area contributed by atoms with Crippen LogP contribution < -0.4 is 0 Å². The molecule has 0 saturated heterocycles. The smallest absolute Gasteiger partial charge is 0.0700 e. The van der Waals surface area contributed by atoms with Gasteiger partial charge in [0.1, 0.15) is 0 Å². The molecule has 0 amide bonds. The van der Waals surface area contributed by atoms with E-state index in [0.717, 1.165) is 50.4 Å². The summed E-state index contributed by atoms with van der Waals surface area (Å²) in [7, 11) is 3.45. The highest BCUT2D eigenvalue weighted by Gasteiger charge is 2.45. The van der Waals surface area contributed by atoms with E-state index < -0.39 is 0 Å². The van der Waals surface area contributed by atoms with Crippen molar-refractivity contribution < 1.29 is 18.9 Å². The van der Waals surface area contributed by atoms with Gasteiger partial charge in [-0.3, -0.25) is 0 Å². The largest absolute Gasteiger partial charge is 0.382 e. The van der Waals surface area contributed by atoms with Crippen LogP contribution in [-0.2, 0) is 35.9 Å². The lowest BCUT2D eigenvalue weighted by Gasteiger charge is -2.33. The van der Waals surface area contributed by atoms with Crippen molar-refractivity contribution in [2.45, 2.75) is 56.5 Å². The Hall–Kier alpha value is -1.37. The molecule has 0 fully saturated rings. The van der Waals surface area contributed by atoms with Crippen molar-refractivity contribution in [3.8, 4) is 11.1 Å². The Kier molecular flexibility index (Phi) is 9.11. The molecule has 2 aromatic rings. The van der Waals surface area contributed by atoms with Gasteiger partial charge in [0.15, 0.2) is 0 Å². The summed E-state index contributed by atoms with van der Waals surface area (Å²) in [5.41, 5.74) is 11.9. The Balaban J connectivity index is 1.69. The molecule has 1 aliphatic heterocycles. The van der Waals surface area contributed by atoms with Gasteiger partial charge in [-0.25, -0.2) is 0 Å². The maximum absolute atomic E-state index is 5.89. The van der Waals surface area contributed by atoms with E-state index in [4.69, 9.17) is 18.9 Å². The van der Waals surface area contributed by atoms with E-state index in [1.54, 1.807) is 25.3 Å². The predicted octanol–water partition coefficient (Wildman–Crippen LogP) is 6.20. The quantitative estimate of drug-likeness (QED) is 0.298. The van der Waals surface area contributed by atoms with Gasteiger partial charge >= 0.3 is 0 Å². The van der Waals surface area contributed by atoms with E-state index in [1.807, 2.05) is 11.8 Å². The Bertz CT molecular complexity index is 894. The zero-order valence-corrected chi connectivity index (χ0v) is 22.2. The van der Waals surface area contributed by atoms with Gasteiger partial charge in [0, 0.05) is 44.4 Å². The van der Waals surface area contributed by atoms with E-state index in [1.165, 1.54) is 33.4 Å². The van der Waals surface area contributed by atoms with Crippen molar-refractivity contribution in [1.82, 2.24) is 0 Å². The second-order valence-electron chi connectivity index (χ2n) is 9.69. The molecule has 5 heteroatoms. The fraction of sp³-hybridized carbons (Fsp3) is 0.586. The average molecular weight is 485 g/mol. The van der Waals surface area contributed by atoms with Crippen LogP contribution in [0, 0.1) is 13.8 Å². The number of hydrogen-bond acceptors (Lipinski definition) is 5. The van der Waals surface area contributed by atoms with Crippen molar-refractivity contribution in [3.05, 3.63) is 57.6 Å². The molecule has 4 rings (SSSR count). The molecule has 0 unspecified atom stereocenters. The second-order valence-corrected chi connectivity index (χ2v) is 10.7. The molecule has 0 aromatic heterocycles. The third-order valence-electron chi connectivity index (χ3n) is 7.17. The molecule has 0 radical (unpaired) electrons. The molecule has 186 valence electrons. The van der Waals surface area contributed by atoms with Gasteiger partial charge in [-0.2, -0.15) is 11.8 Å². The first-order valence-corrected chi connectivity index (χ1v) is 13.8. The van der Waals surface area contributed by atoms with Gasteiger partial charge in [-0.05, 0) is 72.9 Å². The molecule has 2 aliphatic rings. The normalized spacial score (nSPS) is 15.4. The number of benzene rings is 2. The lowest BCUT2D eigenvalue weighted by Crippen LogP contribution is -2.27. The van der Waals surface area contributed by atoms with Crippen LogP contribution in [0.5, 0.6) is 0 Å². The van der Waals surface area contributed by atoms with Crippen LogP contribution in [-0.4, -0.2) is 53.9 Å². The molecular formula is C29H40O4S. The lowest BCUT2D eigenvalue weighted by molar-refractivity contribution is 0.0629. The highest BCUT2D eigenvalue weighted by molar-refractivity contribution is 7.97. The molecule has 0 N–H and O–H groups in total. The third-order valence-corrected chi connectivity index (χ3v) is 8.20. The second kappa shape index (κ2) is 12.0. The zero-order chi connectivity index (χ0) is 24.0. The van der Waals surface area contributed by atoms with Crippen molar-refractivity contribution in [3.63, 3.8) is 0 Å². The van der Waals surface area contributed by atoms with Crippen molar-refractivity contribution in [2.24, 2.45) is 0 Å². The minimum absolute atomic E-state index is 0.0173. The first kappa shape index (κ1) is 25.7. The molecule has 0 saturated carbocycles. The maximum atomic E-state index is 5.89. The van der Waals surface area contributed by atoms with Gasteiger partial charge in [-0.1, -0.05) is 35.4 Å². The Morgan fingerprint density at radius 1 is 0.676 bits per heavy atom. The molecular weight excluding hydrogens is 444 g/mol. The molecule has 0 spiro atoms. The molecule has 2 aromatic carbocycles. The fourth-order valence-electron chi connectivity index (χ4n) is 5.82. The Morgan fingerprint density at radius 2 is 1.15 bits per heavy atom. The van der Waals surface area contributed by atoms with Crippen LogP contribution in [0.1, 0.15) is 59.1 Å². The summed E-state index contributed by atoms with van der Waals surface area (Å²) in [6, 6.07) is 9.79. The lowest BCUT2D eigenvalue weighted by atomic mass is 9.70. The van der Waals surface area contributed by atoms with Crippen LogP contribution in [0.15, 0.2) is 24.3 Å². The standard InChI is InChI=1S/C29H40O4S/c1-21-15-23-19-34-20-24-16-22(2)18-26-28(24)27(23)25(17-21)29(26,7-5-9-32-13-11-30-3)8-6-10-33-14-12-31-4/h15-18H,5-14,19-20H2,1-4H3. The summed E-state index contributed by atoms with van der Waals surface area (Å²) in [5.74, 6) is 2.18. The van der Waals surface area contributed by atoms with Crippen LogP contribution in [0.2, 0.25) is 0 Å². The number of aryl methyl sites for hydroxylation is 2. The van der Waals surface area contributed by atoms with E-state index in [0.29, 0.717) is 26.4 Å². The summed E-state index contributed by atoms with van der Waals surface area (Å²) in [4.78, 5) is 0. The van der Waals surface area contributed by atoms with Crippen LogP contribution in [0.3, 0.4) is 0 Å². The first-order valence-electron chi connectivity index (χ1n) is 12.6. The van der Waals surface area contributed by atoms with Crippen LogP contribution >= 0.6 is 11.8 Å². The minimum atomic E-state index is 0.0173. The van der Waals surface area contributed by atoms with E-state index in [9.17, 15) is 0 Å². The zero-order valence-electron chi connectivity index (χ0n) is 21.3. The molecule has 4 nitrogen and oxygen atoms in total. The average Bonchev–Trinajstić information content (AvgIpc) is 2.95. The number of methoxy groups -OCH3 is 2. The van der Waals surface area contributed by atoms with Crippen LogP contribution in [0.4, 0.5) is 0 Å². The summed E-state index contributed by atoms with van der Waals surface area (Å²) in [6.07, 6.45) is 4.26. The van der Waals surface area contributed by atoms with E-state index in [2.05, 4.69) is 38.1 Å². The van der Waals surface area contributed by atoms with Gasteiger partial charge < -0.3 is 18.9 Å². The van der Waals surface area contributed by atoms with E-state index in [-0.39, 0.29) is 5.41 Å². The molecule has 0 bridgehead atoms. The third kappa shape index (κ3) is 5.39. The van der Waals surface area contributed by atoms with Crippen molar-refractivity contribution >= 4 is 11.8 Å².